The molecule has 1 unspecified atom stereocenters. The fraction of sp³-hybridized carbons (Fsp3) is 0.188. The Morgan fingerprint density at radius 2 is 1.95 bits per heavy atom. The second-order valence-electron chi connectivity index (χ2n) is 4.63. The van der Waals surface area contributed by atoms with E-state index >= 15 is 0 Å². The van der Waals surface area contributed by atoms with E-state index in [0.717, 1.165) is 16.1 Å². The Balaban J connectivity index is 2.36. The predicted molar refractivity (Wildman–Crippen MR) is 92.5 cm³/mol. The molecule has 0 radical (unpaired) electrons. The van der Waals surface area contributed by atoms with Crippen LogP contribution in [0.2, 0.25) is 0 Å². The third-order valence-electron chi connectivity index (χ3n) is 3.24. The molecule has 0 aromatic heterocycles. The molecule has 0 fully saturated rings. The molecule has 0 spiro atoms. The molecule has 5 heteroatoms. The largest absolute Gasteiger partial charge is 0.389 e. The van der Waals surface area contributed by atoms with E-state index in [1.165, 1.54) is 6.07 Å². The Kier molecular flexibility index (Phi) is 5.20. The first-order valence-corrected chi connectivity index (χ1v) is 8.15. The normalized spacial score (nSPS) is 12.0. The van der Waals surface area contributed by atoms with Gasteiger partial charge < -0.3 is 11.1 Å². The fourth-order valence-corrected chi connectivity index (χ4v) is 3.14. The zero-order chi connectivity index (χ0) is 15.4. The van der Waals surface area contributed by atoms with Crippen molar-refractivity contribution in [1.82, 2.24) is 0 Å². The third kappa shape index (κ3) is 3.54. The van der Waals surface area contributed by atoms with Crippen LogP contribution in [0.4, 0.5) is 10.1 Å². The summed E-state index contributed by atoms with van der Waals surface area (Å²) in [5.74, 6) is -0.226. The molecular formula is C16H17FN2S2. The molecule has 0 aliphatic rings. The van der Waals surface area contributed by atoms with Crippen LogP contribution in [0.1, 0.15) is 24.1 Å². The maximum Gasteiger partial charge on any atom is 0.128 e. The Labute approximate surface area is 133 Å². The van der Waals surface area contributed by atoms with E-state index in [9.17, 15) is 4.39 Å². The van der Waals surface area contributed by atoms with Crippen molar-refractivity contribution in [3.8, 4) is 0 Å². The van der Waals surface area contributed by atoms with Gasteiger partial charge in [0.25, 0.3) is 0 Å². The molecule has 0 amide bonds. The average Bonchev–Trinajstić information content (AvgIpc) is 2.46. The zero-order valence-electron chi connectivity index (χ0n) is 11.9. The summed E-state index contributed by atoms with van der Waals surface area (Å²) in [6, 6.07) is 12.4. The highest BCUT2D eigenvalue weighted by Gasteiger charge is 2.15. The SMILES string of the molecule is CSc1cccc(NC(C)c2ccccc2F)c1C(N)=S. The van der Waals surface area contributed by atoms with Gasteiger partial charge in [0.05, 0.1) is 6.04 Å². The van der Waals surface area contributed by atoms with E-state index in [2.05, 4.69) is 5.32 Å². The lowest BCUT2D eigenvalue weighted by atomic mass is 10.1. The highest BCUT2D eigenvalue weighted by Crippen LogP contribution is 2.30. The van der Waals surface area contributed by atoms with Gasteiger partial charge in [0.1, 0.15) is 10.8 Å². The Morgan fingerprint density at radius 1 is 1.24 bits per heavy atom. The first-order chi connectivity index (χ1) is 10.0. The van der Waals surface area contributed by atoms with Crippen LogP contribution >= 0.6 is 24.0 Å². The summed E-state index contributed by atoms with van der Waals surface area (Å²) < 4.78 is 13.9. The lowest BCUT2D eigenvalue weighted by molar-refractivity contribution is 0.600. The first-order valence-electron chi connectivity index (χ1n) is 6.52. The lowest BCUT2D eigenvalue weighted by Gasteiger charge is -2.20. The molecular weight excluding hydrogens is 303 g/mol. The van der Waals surface area contributed by atoms with Crippen LogP contribution in [0, 0.1) is 5.82 Å². The maximum absolute atomic E-state index is 13.9. The second-order valence-corrected chi connectivity index (χ2v) is 5.92. The highest BCUT2D eigenvalue weighted by molar-refractivity contribution is 7.98. The molecule has 0 saturated heterocycles. The Morgan fingerprint density at radius 3 is 2.57 bits per heavy atom. The number of rotatable bonds is 5. The van der Waals surface area contributed by atoms with Gasteiger partial charge in [-0.2, -0.15) is 0 Å². The van der Waals surface area contributed by atoms with Crippen molar-refractivity contribution in [3.05, 3.63) is 59.4 Å². The van der Waals surface area contributed by atoms with E-state index in [-0.39, 0.29) is 11.9 Å². The number of nitrogens with one attached hydrogen (secondary N) is 1. The molecule has 2 nitrogen and oxygen atoms in total. The number of hydrogen-bond donors (Lipinski definition) is 2. The molecule has 0 aliphatic carbocycles. The van der Waals surface area contributed by atoms with Gasteiger partial charge in [0.2, 0.25) is 0 Å². The zero-order valence-corrected chi connectivity index (χ0v) is 13.5. The maximum atomic E-state index is 13.9. The van der Waals surface area contributed by atoms with Gasteiger partial charge in [0.15, 0.2) is 0 Å². The summed E-state index contributed by atoms with van der Waals surface area (Å²) in [6.07, 6.45) is 1.97. The van der Waals surface area contributed by atoms with Crippen LogP contribution in [0.3, 0.4) is 0 Å². The summed E-state index contributed by atoms with van der Waals surface area (Å²) in [7, 11) is 0. The quantitative estimate of drug-likeness (QED) is 0.634. The van der Waals surface area contributed by atoms with Crippen LogP contribution < -0.4 is 11.1 Å². The van der Waals surface area contributed by atoms with E-state index in [1.54, 1.807) is 23.9 Å². The van der Waals surface area contributed by atoms with Crippen molar-refractivity contribution in [2.75, 3.05) is 11.6 Å². The number of anilines is 1. The Bertz CT molecular complexity index is 658. The average molecular weight is 320 g/mol. The van der Waals surface area contributed by atoms with Crippen LogP contribution in [-0.2, 0) is 0 Å². The topological polar surface area (TPSA) is 38.0 Å². The van der Waals surface area contributed by atoms with Gasteiger partial charge in [-0.25, -0.2) is 4.39 Å². The second kappa shape index (κ2) is 6.91. The minimum Gasteiger partial charge on any atom is -0.389 e. The van der Waals surface area contributed by atoms with Crippen molar-refractivity contribution in [3.63, 3.8) is 0 Å². The first kappa shape index (κ1) is 15.8. The van der Waals surface area contributed by atoms with Gasteiger partial charge in [-0.05, 0) is 31.4 Å². The Hall–Kier alpha value is -1.59. The highest BCUT2D eigenvalue weighted by atomic mass is 32.2. The van der Waals surface area contributed by atoms with Gasteiger partial charge in [0, 0.05) is 21.7 Å². The monoisotopic (exact) mass is 320 g/mol. The van der Waals surface area contributed by atoms with Gasteiger partial charge in [-0.3, -0.25) is 0 Å². The van der Waals surface area contributed by atoms with Crippen molar-refractivity contribution >= 4 is 34.7 Å². The molecule has 2 aromatic carbocycles. The van der Waals surface area contributed by atoms with Gasteiger partial charge in [-0.1, -0.05) is 36.5 Å². The molecule has 3 N–H and O–H groups in total. The van der Waals surface area contributed by atoms with Crippen molar-refractivity contribution in [2.45, 2.75) is 17.9 Å². The molecule has 0 saturated carbocycles. The smallest absolute Gasteiger partial charge is 0.128 e. The molecule has 2 aromatic rings. The van der Waals surface area contributed by atoms with E-state index in [0.29, 0.717) is 10.6 Å². The summed E-state index contributed by atoms with van der Waals surface area (Å²) in [5, 5.41) is 3.30. The van der Waals surface area contributed by atoms with Crippen molar-refractivity contribution in [2.24, 2.45) is 5.73 Å². The van der Waals surface area contributed by atoms with E-state index < -0.39 is 0 Å². The minimum absolute atomic E-state index is 0.184. The molecule has 0 heterocycles. The number of hydrogen-bond acceptors (Lipinski definition) is 3. The number of nitrogens with two attached hydrogens (primary N) is 1. The molecule has 110 valence electrons. The summed E-state index contributed by atoms with van der Waals surface area (Å²) in [6.45, 7) is 1.91. The predicted octanol–water partition coefficient (Wildman–Crippen LogP) is 4.35. The molecule has 1 atom stereocenters. The van der Waals surface area contributed by atoms with Crippen LogP contribution in [0.25, 0.3) is 0 Å². The van der Waals surface area contributed by atoms with Crippen LogP contribution in [-0.4, -0.2) is 11.2 Å². The van der Waals surface area contributed by atoms with Crippen molar-refractivity contribution in [1.29, 1.82) is 0 Å². The standard InChI is InChI=1S/C16H17FN2S2/c1-10(11-6-3-4-7-12(11)17)19-13-8-5-9-14(21-2)15(13)16(18)20/h3-10,19H,1-2H3,(H2,18,20). The number of thiocarbonyl (C=S) groups is 1. The third-order valence-corrected chi connectivity index (χ3v) is 4.22. The molecule has 0 bridgehead atoms. The van der Waals surface area contributed by atoms with E-state index in [1.807, 2.05) is 37.4 Å². The number of benzene rings is 2. The number of thioether (sulfide) groups is 1. The van der Waals surface area contributed by atoms with Gasteiger partial charge >= 0.3 is 0 Å². The van der Waals surface area contributed by atoms with Crippen molar-refractivity contribution < 1.29 is 4.39 Å². The fourth-order valence-electron chi connectivity index (χ4n) is 2.21. The summed E-state index contributed by atoms with van der Waals surface area (Å²) >= 11 is 6.73. The molecule has 2 rings (SSSR count). The van der Waals surface area contributed by atoms with Crippen LogP contribution in [0.15, 0.2) is 47.4 Å². The van der Waals surface area contributed by atoms with Crippen LogP contribution in [0.5, 0.6) is 0 Å². The number of halogens is 1. The van der Waals surface area contributed by atoms with E-state index in [4.69, 9.17) is 18.0 Å². The molecule has 0 aliphatic heterocycles. The minimum atomic E-state index is -0.226. The summed E-state index contributed by atoms with van der Waals surface area (Å²) in [4.78, 5) is 1.34. The summed E-state index contributed by atoms with van der Waals surface area (Å²) in [5.41, 5.74) is 8.08. The van der Waals surface area contributed by atoms with Gasteiger partial charge in [-0.15, -0.1) is 11.8 Å². The lowest BCUT2D eigenvalue weighted by Crippen LogP contribution is -2.16. The molecule has 21 heavy (non-hydrogen) atoms.